The molecule has 2 aromatic carbocycles. The Morgan fingerprint density at radius 3 is 2.55 bits per heavy atom. The van der Waals surface area contributed by atoms with Crippen LogP contribution in [0.3, 0.4) is 0 Å². The number of nitrogens with one attached hydrogen (secondary N) is 1. The first-order valence-electron chi connectivity index (χ1n) is 5.52. The van der Waals surface area contributed by atoms with Gasteiger partial charge in [-0.15, -0.1) is 0 Å². The molecule has 0 spiro atoms. The maximum Gasteiger partial charge on any atom is 0.182 e. The number of rotatable bonds is 1. The van der Waals surface area contributed by atoms with E-state index in [4.69, 9.17) is 12.2 Å². The van der Waals surface area contributed by atoms with Crippen molar-refractivity contribution in [3.8, 4) is 5.69 Å². The van der Waals surface area contributed by atoms with Crippen LogP contribution in [0, 0.1) is 22.2 Å². The normalized spacial score (nSPS) is 11.2. The second kappa shape index (κ2) is 4.75. The van der Waals surface area contributed by atoms with Gasteiger partial charge in [0.1, 0.15) is 17.5 Å². The summed E-state index contributed by atoms with van der Waals surface area (Å²) in [5.41, 5.74) is 0.808. The van der Waals surface area contributed by atoms with Crippen LogP contribution in [0.25, 0.3) is 16.7 Å². The molecule has 0 unspecified atom stereocenters. The number of hydrogen-bond acceptors (Lipinski definition) is 1. The molecule has 1 heterocycles. The zero-order valence-electron chi connectivity index (χ0n) is 9.75. The van der Waals surface area contributed by atoms with Crippen LogP contribution in [0.4, 0.5) is 13.2 Å². The van der Waals surface area contributed by atoms with E-state index in [-0.39, 0.29) is 14.9 Å². The van der Waals surface area contributed by atoms with Crippen molar-refractivity contribution in [3.05, 3.63) is 57.0 Å². The van der Waals surface area contributed by atoms with Crippen LogP contribution in [0.15, 0.2) is 34.8 Å². The van der Waals surface area contributed by atoms with Gasteiger partial charge in [-0.1, -0.05) is 0 Å². The van der Waals surface area contributed by atoms with Crippen LogP contribution in [0.1, 0.15) is 0 Å². The lowest BCUT2D eigenvalue weighted by Gasteiger charge is -2.07. The van der Waals surface area contributed by atoms with Crippen LogP contribution < -0.4 is 0 Å². The van der Waals surface area contributed by atoms with E-state index in [9.17, 15) is 13.2 Å². The molecule has 3 aromatic rings. The van der Waals surface area contributed by atoms with Crippen LogP contribution in [-0.4, -0.2) is 9.55 Å². The number of halogens is 4. The second-order valence-electron chi connectivity index (χ2n) is 4.14. The predicted molar refractivity (Wildman–Crippen MR) is 76.0 cm³/mol. The van der Waals surface area contributed by atoms with Gasteiger partial charge in [0, 0.05) is 12.1 Å². The highest BCUT2D eigenvalue weighted by atomic mass is 79.9. The summed E-state index contributed by atoms with van der Waals surface area (Å²) >= 11 is 8.00. The molecule has 20 heavy (non-hydrogen) atoms. The molecule has 0 aliphatic carbocycles. The molecule has 0 bridgehead atoms. The maximum atomic E-state index is 14.0. The molecule has 0 aliphatic heterocycles. The quantitative estimate of drug-likeness (QED) is 0.486. The Labute approximate surface area is 125 Å². The van der Waals surface area contributed by atoms with Crippen molar-refractivity contribution >= 4 is 39.2 Å². The molecular weight excluding hydrogens is 353 g/mol. The Morgan fingerprint density at radius 1 is 1.05 bits per heavy atom. The van der Waals surface area contributed by atoms with Crippen molar-refractivity contribution in [1.29, 1.82) is 0 Å². The van der Waals surface area contributed by atoms with Gasteiger partial charge in [-0.3, -0.25) is 4.57 Å². The average Bonchev–Trinajstić information content (AvgIpc) is 2.69. The molecule has 0 saturated heterocycles. The molecule has 0 aliphatic rings. The van der Waals surface area contributed by atoms with E-state index in [0.29, 0.717) is 11.0 Å². The number of nitrogens with zero attached hydrogens (tertiary/aromatic N) is 1. The Hall–Kier alpha value is -1.60. The third kappa shape index (κ3) is 2.06. The highest BCUT2D eigenvalue weighted by Gasteiger charge is 2.14. The lowest BCUT2D eigenvalue weighted by Crippen LogP contribution is -1.99. The van der Waals surface area contributed by atoms with Gasteiger partial charge >= 0.3 is 0 Å². The van der Waals surface area contributed by atoms with E-state index in [1.807, 2.05) is 0 Å². The summed E-state index contributed by atoms with van der Waals surface area (Å²) in [5.74, 6) is -1.79. The third-order valence-corrected chi connectivity index (χ3v) is 3.77. The topological polar surface area (TPSA) is 20.7 Å². The molecule has 0 atom stereocenters. The van der Waals surface area contributed by atoms with Crippen LogP contribution in [0.2, 0.25) is 0 Å². The molecule has 1 aromatic heterocycles. The number of aromatic amines is 1. The number of benzene rings is 2. The van der Waals surface area contributed by atoms with Gasteiger partial charge in [0.25, 0.3) is 0 Å². The summed E-state index contributed by atoms with van der Waals surface area (Å²) < 4.78 is 42.4. The van der Waals surface area contributed by atoms with Crippen LogP contribution >= 0.6 is 28.1 Å². The van der Waals surface area contributed by atoms with Crippen molar-refractivity contribution in [3.63, 3.8) is 0 Å². The van der Waals surface area contributed by atoms with Crippen molar-refractivity contribution in [1.82, 2.24) is 9.55 Å². The molecule has 7 heteroatoms. The Balaban J connectivity index is 2.40. The second-order valence-corrected chi connectivity index (χ2v) is 5.39. The van der Waals surface area contributed by atoms with Crippen molar-refractivity contribution in [2.45, 2.75) is 0 Å². The minimum Gasteiger partial charge on any atom is -0.330 e. The van der Waals surface area contributed by atoms with Gasteiger partial charge in [0.05, 0.1) is 21.2 Å². The van der Waals surface area contributed by atoms with Gasteiger partial charge in [-0.25, -0.2) is 13.2 Å². The SMILES string of the molecule is Fc1ccc2[nH]c(=S)n(-c3cc(F)c(Br)cc3F)c2c1. The molecule has 2 nitrogen and oxygen atoms in total. The molecule has 0 fully saturated rings. The highest BCUT2D eigenvalue weighted by Crippen LogP contribution is 2.26. The summed E-state index contributed by atoms with van der Waals surface area (Å²) in [5, 5.41) is 0. The third-order valence-electron chi connectivity index (χ3n) is 2.88. The van der Waals surface area contributed by atoms with Gasteiger partial charge in [-0.2, -0.15) is 0 Å². The highest BCUT2D eigenvalue weighted by molar-refractivity contribution is 9.10. The molecule has 0 saturated carbocycles. The maximum absolute atomic E-state index is 14.0. The standard InChI is InChI=1S/C13H6BrF3N2S/c14-7-4-9(17)11(5-8(7)16)19-12-3-6(15)1-2-10(12)18-13(19)20/h1-5H,(H,18,20). The van der Waals surface area contributed by atoms with Crippen LogP contribution in [0.5, 0.6) is 0 Å². The summed E-state index contributed by atoms with van der Waals surface area (Å²) in [7, 11) is 0. The molecule has 1 N–H and O–H groups in total. The van der Waals surface area contributed by atoms with Crippen molar-refractivity contribution in [2.75, 3.05) is 0 Å². The number of imidazole rings is 1. The van der Waals surface area contributed by atoms with Gasteiger partial charge in [0.2, 0.25) is 0 Å². The largest absolute Gasteiger partial charge is 0.330 e. The van der Waals surface area contributed by atoms with Crippen molar-refractivity contribution < 1.29 is 13.2 Å². The number of aromatic nitrogens is 2. The van der Waals surface area contributed by atoms with E-state index in [1.54, 1.807) is 0 Å². The van der Waals surface area contributed by atoms with Gasteiger partial charge < -0.3 is 4.98 Å². The number of fused-ring (bicyclic) bond motifs is 1. The van der Waals surface area contributed by atoms with E-state index >= 15 is 0 Å². The van der Waals surface area contributed by atoms with E-state index in [2.05, 4.69) is 20.9 Å². The van der Waals surface area contributed by atoms with E-state index in [0.717, 1.165) is 12.1 Å². The Kier molecular flexibility index (Phi) is 3.18. The Morgan fingerprint density at radius 2 is 1.80 bits per heavy atom. The first kappa shape index (κ1) is 13.4. The minimum atomic E-state index is -0.667. The predicted octanol–water partition coefficient (Wildman–Crippen LogP) is 4.87. The first-order chi connectivity index (χ1) is 9.47. The van der Waals surface area contributed by atoms with Crippen LogP contribution in [-0.2, 0) is 0 Å². The van der Waals surface area contributed by atoms with Crippen molar-refractivity contribution in [2.24, 2.45) is 0 Å². The van der Waals surface area contributed by atoms with Gasteiger partial charge in [-0.05, 0) is 46.3 Å². The lowest BCUT2D eigenvalue weighted by atomic mass is 10.2. The molecular formula is C13H6BrF3N2S. The number of H-pyrrole nitrogens is 1. The zero-order chi connectivity index (χ0) is 14.4. The Bertz CT molecular complexity index is 885. The molecule has 3 rings (SSSR count). The van der Waals surface area contributed by atoms with E-state index < -0.39 is 17.5 Å². The minimum absolute atomic E-state index is 0.0105. The molecule has 0 amide bonds. The average molecular weight is 359 g/mol. The smallest absolute Gasteiger partial charge is 0.182 e. The van der Waals surface area contributed by atoms with E-state index in [1.165, 1.54) is 22.8 Å². The fraction of sp³-hybridized carbons (Fsp3) is 0. The van der Waals surface area contributed by atoms with Gasteiger partial charge in [0.15, 0.2) is 4.77 Å². The first-order valence-corrected chi connectivity index (χ1v) is 6.72. The number of hydrogen-bond donors (Lipinski definition) is 1. The zero-order valence-corrected chi connectivity index (χ0v) is 12.2. The summed E-state index contributed by atoms with van der Waals surface area (Å²) in [6.45, 7) is 0. The molecule has 0 radical (unpaired) electrons. The molecule has 102 valence electrons. The summed E-state index contributed by atoms with van der Waals surface area (Å²) in [4.78, 5) is 2.82. The summed E-state index contributed by atoms with van der Waals surface area (Å²) in [6.07, 6.45) is 0. The summed E-state index contributed by atoms with van der Waals surface area (Å²) in [6, 6.07) is 5.97. The monoisotopic (exact) mass is 358 g/mol. The fourth-order valence-corrected chi connectivity index (χ4v) is 2.62. The fourth-order valence-electron chi connectivity index (χ4n) is 2.00. The lowest BCUT2D eigenvalue weighted by molar-refractivity contribution is 0.587.